The standard InChI is InChI=1S/C6H10O4.O2/c7-5(8)3-1-2-4-6(9)10;1-2/h1-4H2,(H,7,8)(H,9,10);. The fourth-order valence-electron chi connectivity index (χ4n) is 0.552. The van der Waals surface area contributed by atoms with E-state index in [0.717, 1.165) is 0 Å². The first kappa shape index (κ1) is 13.2. The van der Waals surface area contributed by atoms with Crippen LogP contribution in [0.1, 0.15) is 25.7 Å². The highest BCUT2D eigenvalue weighted by molar-refractivity contribution is 5.67. The average molecular weight is 178 g/mol. The molecule has 0 aromatic carbocycles. The average Bonchev–Trinajstić information content (AvgIpc) is 2.02. The Balaban J connectivity index is 0. The van der Waals surface area contributed by atoms with Gasteiger partial charge in [-0.2, -0.15) is 0 Å². The van der Waals surface area contributed by atoms with E-state index in [4.69, 9.17) is 20.1 Å². The van der Waals surface area contributed by atoms with Gasteiger partial charge in [0.15, 0.2) is 0 Å². The van der Waals surface area contributed by atoms with Crippen LogP contribution in [-0.4, -0.2) is 22.2 Å². The number of aliphatic carboxylic acids is 2. The van der Waals surface area contributed by atoms with Crippen molar-refractivity contribution in [2.45, 2.75) is 25.7 Å². The number of unbranched alkanes of at least 4 members (excludes halogenated alkanes) is 1. The van der Waals surface area contributed by atoms with Gasteiger partial charge in [0.05, 0.1) is 0 Å². The maximum atomic E-state index is 9.90. The highest BCUT2D eigenvalue weighted by atomic mass is 16.7. The summed E-state index contributed by atoms with van der Waals surface area (Å²) in [5.41, 5.74) is 0. The van der Waals surface area contributed by atoms with Crippen molar-refractivity contribution in [2.24, 2.45) is 0 Å². The van der Waals surface area contributed by atoms with Crippen molar-refractivity contribution in [1.29, 1.82) is 0 Å². The van der Waals surface area contributed by atoms with Crippen LogP contribution in [0, 0.1) is 9.93 Å². The van der Waals surface area contributed by atoms with Gasteiger partial charge in [-0.05, 0) is 12.8 Å². The molecule has 0 atom stereocenters. The fraction of sp³-hybridized carbons (Fsp3) is 0.667. The highest BCUT2D eigenvalue weighted by Gasteiger charge is 1.99. The third-order valence-electron chi connectivity index (χ3n) is 1.03. The second kappa shape index (κ2) is 9.54. The topological polar surface area (TPSA) is 109 Å². The van der Waals surface area contributed by atoms with Crippen LogP contribution in [0.5, 0.6) is 0 Å². The molecule has 0 heterocycles. The van der Waals surface area contributed by atoms with Crippen LogP contribution in [0.25, 0.3) is 0 Å². The number of hydrogen-bond acceptors (Lipinski definition) is 4. The maximum Gasteiger partial charge on any atom is 0.303 e. The Morgan fingerprint density at radius 1 is 0.833 bits per heavy atom. The van der Waals surface area contributed by atoms with Gasteiger partial charge in [-0.1, -0.05) is 0 Å². The molecule has 6 heteroatoms. The van der Waals surface area contributed by atoms with Crippen molar-refractivity contribution < 1.29 is 19.8 Å². The van der Waals surface area contributed by atoms with Crippen molar-refractivity contribution in [2.75, 3.05) is 0 Å². The molecule has 12 heavy (non-hydrogen) atoms. The molecule has 70 valence electrons. The number of carbonyl (C=O) groups is 2. The smallest absolute Gasteiger partial charge is 0.303 e. The molecule has 0 spiro atoms. The fourth-order valence-corrected chi connectivity index (χ4v) is 0.552. The van der Waals surface area contributed by atoms with E-state index in [2.05, 4.69) is 0 Å². The molecule has 0 aliphatic rings. The molecule has 0 saturated carbocycles. The van der Waals surface area contributed by atoms with Crippen LogP contribution in [0.3, 0.4) is 0 Å². The molecule has 0 radical (unpaired) electrons. The molecule has 0 aliphatic carbocycles. The number of rotatable bonds is 5. The summed E-state index contributed by atoms with van der Waals surface area (Å²) in [6, 6.07) is 0. The van der Waals surface area contributed by atoms with E-state index in [1.165, 1.54) is 0 Å². The first-order chi connectivity index (χ1) is 5.63. The molecule has 6 nitrogen and oxygen atoms in total. The molecular weight excluding hydrogens is 168 g/mol. The Bertz CT molecular complexity index is 127. The van der Waals surface area contributed by atoms with Crippen molar-refractivity contribution in [3.05, 3.63) is 9.93 Å². The minimum Gasteiger partial charge on any atom is -0.481 e. The van der Waals surface area contributed by atoms with Gasteiger partial charge in [-0.25, -0.2) is 0 Å². The molecular formula is C6H10O6. The summed E-state index contributed by atoms with van der Waals surface area (Å²) in [6.07, 6.45) is 1.02. The van der Waals surface area contributed by atoms with Gasteiger partial charge in [0, 0.05) is 22.8 Å². The lowest BCUT2D eigenvalue weighted by Crippen LogP contribution is -1.97. The normalized spacial score (nSPS) is 8.00. The zero-order valence-corrected chi connectivity index (χ0v) is 6.36. The lowest BCUT2D eigenvalue weighted by Gasteiger charge is -1.92. The molecule has 0 fully saturated rings. The quantitative estimate of drug-likeness (QED) is 0.602. The van der Waals surface area contributed by atoms with Crippen LogP contribution in [-0.2, 0) is 9.59 Å². The summed E-state index contributed by atoms with van der Waals surface area (Å²) in [5, 5.41) is 16.3. The van der Waals surface area contributed by atoms with Crippen molar-refractivity contribution >= 4 is 11.9 Å². The van der Waals surface area contributed by atoms with Crippen LogP contribution in [0.2, 0.25) is 0 Å². The Hall–Kier alpha value is -1.46. The minimum atomic E-state index is -0.870. The maximum absolute atomic E-state index is 9.90. The van der Waals surface area contributed by atoms with Crippen LogP contribution in [0.15, 0.2) is 0 Å². The molecule has 0 bridgehead atoms. The summed E-state index contributed by atoms with van der Waals surface area (Å²) in [7, 11) is 0. The van der Waals surface area contributed by atoms with E-state index < -0.39 is 11.9 Å². The third kappa shape index (κ3) is 15.8. The van der Waals surface area contributed by atoms with E-state index in [9.17, 15) is 9.59 Å². The lowest BCUT2D eigenvalue weighted by atomic mass is 10.2. The van der Waals surface area contributed by atoms with Crippen molar-refractivity contribution in [3.8, 4) is 0 Å². The van der Waals surface area contributed by atoms with E-state index in [1.807, 2.05) is 0 Å². The minimum absolute atomic E-state index is 0.0628. The largest absolute Gasteiger partial charge is 0.481 e. The van der Waals surface area contributed by atoms with Gasteiger partial charge in [0.1, 0.15) is 0 Å². The summed E-state index contributed by atoms with van der Waals surface area (Å²) in [5.74, 6) is -1.74. The molecule has 0 unspecified atom stereocenters. The van der Waals surface area contributed by atoms with Crippen molar-refractivity contribution in [1.82, 2.24) is 0 Å². The molecule has 2 N–H and O–H groups in total. The summed E-state index contributed by atoms with van der Waals surface area (Å²) < 4.78 is 0. The van der Waals surface area contributed by atoms with Gasteiger partial charge >= 0.3 is 11.9 Å². The van der Waals surface area contributed by atoms with Gasteiger partial charge in [-0.15, -0.1) is 0 Å². The molecule has 0 saturated heterocycles. The molecule has 0 rings (SSSR count). The SMILES string of the molecule is O=C(O)CCCCC(=O)O.O=O. The van der Waals surface area contributed by atoms with Crippen LogP contribution < -0.4 is 0 Å². The number of hydrogen-bond donors (Lipinski definition) is 2. The number of carboxylic acids is 2. The van der Waals surface area contributed by atoms with Crippen LogP contribution >= 0.6 is 0 Å². The zero-order chi connectivity index (χ0) is 9.98. The van der Waals surface area contributed by atoms with E-state index in [1.54, 1.807) is 0 Å². The second-order valence-corrected chi connectivity index (χ2v) is 1.99. The summed E-state index contributed by atoms with van der Waals surface area (Å²) >= 11 is 0. The molecule has 0 aliphatic heterocycles. The Kier molecular flexibility index (Phi) is 10.5. The Labute approximate surface area is 68.4 Å². The van der Waals surface area contributed by atoms with E-state index in [-0.39, 0.29) is 12.8 Å². The summed E-state index contributed by atoms with van der Waals surface area (Å²) in [4.78, 5) is 33.8. The van der Waals surface area contributed by atoms with Gasteiger partial charge in [-0.3, -0.25) is 9.59 Å². The first-order valence-electron chi connectivity index (χ1n) is 3.23. The van der Waals surface area contributed by atoms with Gasteiger partial charge in [0.25, 0.3) is 0 Å². The number of carboxylic acid groups (broad SMARTS) is 2. The molecule has 0 aromatic rings. The Morgan fingerprint density at radius 3 is 1.25 bits per heavy atom. The van der Waals surface area contributed by atoms with Gasteiger partial charge in [0.2, 0.25) is 0 Å². The van der Waals surface area contributed by atoms with E-state index in [0.29, 0.717) is 12.8 Å². The summed E-state index contributed by atoms with van der Waals surface area (Å²) in [6.45, 7) is 0. The predicted octanol–water partition coefficient (Wildman–Crippen LogP) is 0.783. The van der Waals surface area contributed by atoms with Crippen molar-refractivity contribution in [3.63, 3.8) is 0 Å². The first-order valence-corrected chi connectivity index (χ1v) is 3.23. The molecule has 0 aromatic heterocycles. The molecule has 0 amide bonds. The second-order valence-electron chi connectivity index (χ2n) is 1.99. The van der Waals surface area contributed by atoms with E-state index >= 15 is 0 Å². The zero-order valence-electron chi connectivity index (χ0n) is 6.36. The Morgan fingerprint density at radius 2 is 1.08 bits per heavy atom. The monoisotopic (exact) mass is 178 g/mol. The van der Waals surface area contributed by atoms with Gasteiger partial charge < -0.3 is 10.2 Å². The highest BCUT2D eigenvalue weighted by Crippen LogP contribution is 1.98. The van der Waals surface area contributed by atoms with Crippen LogP contribution in [0.4, 0.5) is 0 Å². The third-order valence-corrected chi connectivity index (χ3v) is 1.03. The predicted molar refractivity (Wildman–Crippen MR) is 40.5 cm³/mol. The lowest BCUT2D eigenvalue weighted by molar-refractivity contribution is -0.139.